The second-order valence-electron chi connectivity index (χ2n) is 4.30. The van der Waals surface area contributed by atoms with Crippen molar-refractivity contribution in [3.05, 3.63) is 35.4 Å². The summed E-state index contributed by atoms with van der Waals surface area (Å²) in [7, 11) is 0. The fraction of sp³-hybridized carbons (Fsp3) is 0.571. The van der Waals surface area contributed by atoms with Crippen molar-refractivity contribution in [1.29, 1.82) is 0 Å². The third-order valence-electron chi connectivity index (χ3n) is 2.64. The zero-order chi connectivity index (χ0) is 12.5. The maximum atomic E-state index is 9.74. The first-order chi connectivity index (χ1) is 8.24. The zero-order valence-electron chi connectivity index (χ0n) is 10.8. The molecule has 2 nitrogen and oxygen atoms in total. The van der Waals surface area contributed by atoms with Crippen LogP contribution in [0.25, 0.3) is 0 Å². The van der Waals surface area contributed by atoms with Crippen LogP contribution in [0, 0.1) is 6.92 Å². The molecule has 1 atom stereocenters. The summed E-state index contributed by atoms with van der Waals surface area (Å²) in [6.07, 6.45) is 0.874. The fourth-order valence-corrected chi connectivity index (χ4v) is 2.63. The Hall–Kier alpha value is -0.510. The summed E-state index contributed by atoms with van der Waals surface area (Å²) in [4.78, 5) is 0. The molecule has 0 radical (unpaired) electrons. The Kier molecular flexibility index (Phi) is 7.33. The van der Waals surface area contributed by atoms with Crippen molar-refractivity contribution in [2.24, 2.45) is 0 Å². The average molecular weight is 253 g/mol. The van der Waals surface area contributed by atoms with Crippen LogP contribution >= 0.6 is 11.8 Å². The average Bonchev–Trinajstić information content (AvgIpc) is 2.32. The van der Waals surface area contributed by atoms with Crippen LogP contribution in [-0.4, -0.2) is 30.1 Å². The molecule has 1 unspecified atom stereocenters. The van der Waals surface area contributed by atoms with Gasteiger partial charge in [-0.1, -0.05) is 31.2 Å². The van der Waals surface area contributed by atoms with Gasteiger partial charge in [0.05, 0.1) is 6.10 Å². The molecule has 3 heteroatoms. The monoisotopic (exact) mass is 253 g/mol. The predicted molar refractivity (Wildman–Crippen MR) is 76.5 cm³/mol. The van der Waals surface area contributed by atoms with E-state index in [1.54, 1.807) is 11.8 Å². The van der Waals surface area contributed by atoms with Gasteiger partial charge in [0.1, 0.15) is 0 Å². The summed E-state index contributed by atoms with van der Waals surface area (Å²) in [5.74, 6) is 1.78. The molecule has 0 amide bonds. The molecule has 17 heavy (non-hydrogen) atoms. The van der Waals surface area contributed by atoms with E-state index in [4.69, 9.17) is 0 Å². The van der Waals surface area contributed by atoms with Gasteiger partial charge in [-0.15, -0.1) is 0 Å². The van der Waals surface area contributed by atoms with Crippen molar-refractivity contribution in [1.82, 2.24) is 5.32 Å². The molecule has 0 saturated heterocycles. The van der Waals surface area contributed by atoms with Gasteiger partial charge < -0.3 is 10.4 Å². The highest BCUT2D eigenvalue weighted by molar-refractivity contribution is 7.98. The molecule has 0 aliphatic carbocycles. The summed E-state index contributed by atoms with van der Waals surface area (Å²) in [6, 6.07) is 8.42. The largest absolute Gasteiger partial charge is 0.391 e. The number of nitrogens with one attached hydrogen (secondary N) is 1. The number of aliphatic hydroxyl groups is 1. The Labute approximate surface area is 109 Å². The Morgan fingerprint density at radius 1 is 1.35 bits per heavy atom. The molecule has 0 saturated carbocycles. The molecule has 0 bridgehead atoms. The van der Waals surface area contributed by atoms with Gasteiger partial charge >= 0.3 is 0 Å². The molecular formula is C14H23NOS. The Morgan fingerprint density at radius 3 is 2.82 bits per heavy atom. The van der Waals surface area contributed by atoms with Gasteiger partial charge in [-0.25, -0.2) is 0 Å². The van der Waals surface area contributed by atoms with E-state index in [1.807, 2.05) is 0 Å². The Balaban J connectivity index is 2.17. The second-order valence-corrected chi connectivity index (χ2v) is 5.33. The van der Waals surface area contributed by atoms with Gasteiger partial charge in [-0.3, -0.25) is 0 Å². The van der Waals surface area contributed by atoms with E-state index in [1.165, 1.54) is 11.1 Å². The van der Waals surface area contributed by atoms with E-state index < -0.39 is 0 Å². The second kappa shape index (κ2) is 8.56. The van der Waals surface area contributed by atoms with Gasteiger partial charge in [0.25, 0.3) is 0 Å². The van der Waals surface area contributed by atoms with Crippen LogP contribution in [0.4, 0.5) is 0 Å². The van der Waals surface area contributed by atoms with Crippen molar-refractivity contribution in [2.45, 2.75) is 32.1 Å². The SMILES string of the molecule is CCCNCC(O)CSCc1ccccc1C. The molecule has 2 N–H and O–H groups in total. The molecule has 0 heterocycles. The third kappa shape index (κ3) is 6.10. The highest BCUT2D eigenvalue weighted by Gasteiger charge is 2.04. The summed E-state index contributed by atoms with van der Waals surface area (Å²) < 4.78 is 0. The van der Waals surface area contributed by atoms with Crippen LogP contribution < -0.4 is 5.32 Å². The molecule has 0 fully saturated rings. The van der Waals surface area contributed by atoms with Crippen LogP contribution in [0.3, 0.4) is 0 Å². The van der Waals surface area contributed by atoms with E-state index in [-0.39, 0.29) is 6.10 Å². The molecule has 1 aromatic rings. The lowest BCUT2D eigenvalue weighted by Gasteiger charge is -2.11. The number of benzene rings is 1. The van der Waals surface area contributed by atoms with Crippen molar-refractivity contribution in [2.75, 3.05) is 18.8 Å². The number of thioether (sulfide) groups is 1. The first-order valence-corrected chi connectivity index (χ1v) is 7.40. The smallest absolute Gasteiger partial charge is 0.0754 e. The molecular weight excluding hydrogens is 230 g/mol. The number of aryl methyl sites for hydroxylation is 1. The van der Waals surface area contributed by atoms with Gasteiger partial charge in [0.15, 0.2) is 0 Å². The fourth-order valence-electron chi connectivity index (χ4n) is 1.58. The van der Waals surface area contributed by atoms with E-state index in [2.05, 4.69) is 43.4 Å². The molecule has 0 aromatic heterocycles. The summed E-state index contributed by atoms with van der Waals surface area (Å²) >= 11 is 1.80. The third-order valence-corrected chi connectivity index (χ3v) is 3.77. The Morgan fingerprint density at radius 2 is 2.12 bits per heavy atom. The molecule has 1 rings (SSSR count). The maximum absolute atomic E-state index is 9.74. The molecule has 0 aliphatic heterocycles. The minimum atomic E-state index is -0.240. The molecule has 1 aromatic carbocycles. The van der Waals surface area contributed by atoms with E-state index in [9.17, 15) is 5.11 Å². The van der Waals surface area contributed by atoms with Crippen LogP contribution in [0.2, 0.25) is 0 Å². The van der Waals surface area contributed by atoms with E-state index in [0.717, 1.165) is 24.5 Å². The van der Waals surface area contributed by atoms with Crippen molar-refractivity contribution in [3.8, 4) is 0 Å². The standard InChI is InChI=1S/C14H23NOS/c1-3-8-15-9-14(16)11-17-10-13-7-5-4-6-12(13)2/h4-7,14-16H,3,8-11H2,1-2H3. The summed E-state index contributed by atoms with van der Waals surface area (Å²) in [5.41, 5.74) is 2.70. The highest BCUT2D eigenvalue weighted by Crippen LogP contribution is 2.16. The van der Waals surface area contributed by atoms with Crippen LogP contribution in [0.5, 0.6) is 0 Å². The first-order valence-electron chi connectivity index (χ1n) is 6.25. The highest BCUT2D eigenvalue weighted by atomic mass is 32.2. The van der Waals surface area contributed by atoms with Crippen molar-refractivity contribution in [3.63, 3.8) is 0 Å². The molecule has 0 aliphatic rings. The van der Waals surface area contributed by atoms with Crippen LogP contribution in [0.15, 0.2) is 24.3 Å². The van der Waals surface area contributed by atoms with Gasteiger partial charge in [-0.05, 0) is 31.0 Å². The number of hydrogen-bond donors (Lipinski definition) is 2. The Bertz CT molecular complexity index is 317. The van der Waals surface area contributed by atoms with Crippen molar-refractivity contribution < 1.29 is 5.11 Å². The molecule has 0 spiro atoms. The van der Waals surface area contributed by atoms with Gasteiger partial charge in [0, 0.05) is 18.1 Å². The minimum absolute atomic E-state index is 0.240. The summed E-state index contributed by atoms with van der Waals surface area (Å²) in [5, 5.41) is 13.0. The quantitative estimate of drug-likeness (QED) is 0.699. The number of hydrogen-bond acceptors (Lipinski definition) is 3. The lowest BCUT2D eigenvalue weighted by molar-refractivity contribution is 0.196. The van der Waals surface area contributed by atoms with Crippen LogP contribution in [0.1, 0.15) is 24.5 Å². The van der Waals surface area contributed by atoms with Crippen LogP contribution in [-0.2, 0) is 5.75 Å². The topological polar surface area (TPSA) is 32.3 Å². The lowest BCUT2D eigenvalue weighted by Crippen LogP contribution is -2.28. The van der Waals surface area contributed by atoms with E-state index >= 15 is 0 Å². The predicted octanol–water partition coefficient (Wildman–Crippen LogP) is 2.59. The van der Waals surface area contributed by atoms with Crippen molar-refractivity contribution >= 4 is 11.8 Å². The van der Waals surface area contributed by atoms with E-state index in [0.29, 0.717) is 6.54 Å². The molecule has 96 valence electrons. The normalized spacial score (nSPS) is 12.6. The number of rotatable bonds is 8. The first kappa shape index (κ1) is 14.6. The maximum Gasteiger partial charge on any atom is 0.0754 e. The zero-order valence-corrected chi connectivity index (χ0v) is 11.6. The number of aliphatic hydroxyl groups excluding tert-OH is 1. The lowest BCUT2D eigenvalue weighted by atomic mass is 10.1. The summed E-state index contributed by atoms with van der Waals surface area (Å²) in [6.45, 7) is 5.95. The minimum Gasteiger partial charge on any atom is -0.391 e. The van der Waals surface area contributed by atoms with Gasteiger partial charge in [-0.2, -0.15) is 11.8 Å². The van der Waals surface area contributed by atoms with Gasteiger partial charge in [0.2, 0.25) is 0 Å².